The normalized spacial score (nSPS) is 9.75. The number of rotatable bonds is 5. The van der Waals surface area contributed by atoms with E-state index in [0.717, 1.165) is 6.61 Å². The molecule has 0 aromatic heterocycles. The Balaban J connectivity index is 2.53. The highest BCUT2D eigenvalue weighted by Crippen LogP contribution is 1.97. The van der Waals surface area contributed by atoms with E-state index in [2.05, 4.69) is 22.6 Å². The van der Waals surface area contributed by atoms with Crippen molar-refractivity contribution >= 4 is 22.6 Å². The second-order valence-corrected chi connectivity index (χ2v) is 2.82. The molecule has 0 radical (unpaired) electrons. The minimum atomic E-state index is 0.927. The first kappa shape index (κ1) is 8.69. The highest BCUT2D eigenvalue weighted by atomic mass is 127. The summed E-state index contributed by atoms with van der Waals surface area (Å²) >= 11 is 2.40. The van der Waals surface area contributed by atoms with Gasteiger partial charge in [-0.2, -0.15) is 0 Å². The summed E-state index contributed by atoms with van der Waals surface area (Å²) in [5.74, 6) is 0. The van der Waals surface area contributed by atoms with Crippen molar-refractivity contribution in [2.75, 3.05) is 18.1 Å². The molecule has 0 aliphatic rings. The Morgan fingerprint density at radius 2 is 2.00 bits per heavy atom. The third kappa shape index (κ3) is 6.69. The molecule has 1 nitrogen and oxygen atoms in total. The second kappa shape index (κ2) is 7.69. The van der Waals surface area contributed by atoms with Crippen LogP contribution in [0.5, 0.6) is 0 Å². The van der Waals surface area contributed by atoms with Crippen LogP contribution in [0.15, 0.2) is 0 Å². The summed E-state index contributed by atoms with van der Waals surface area (Å²) in [6.45, 7) is 0.927. The van der Waals surface area contributed by atoms with E-state index in [4.69, 9.17) is 4.74 Å². The Morgan fingerprint density at radius 1 is 1.25 bits per heavy atom. The Morgan fingerprint density at radius 3 is 2.50 bits per heavy atom. The van der Waals surface area contributed by atoms with Gasteiger partial charge < -0.3 is 4.74 Å². The fourth-order valence-electron chi connectivity index (χ4n) is 0.518. The van der Waals surface area contributed by atoms with Gasteiger partial charge in [-0.05, 0) is 17.3 Å². The third-order valence-electron chi connectivity index (χ3n) is 0.982. The Kier molecular flexibility index (Phi) is 8.35. The van der Waals surface area contributed by atoms with Crippen LogP contribution in [0, 0.1) is 0 Å². The molecule has 0 saturated heterocycles. The molecule has 0 aliphatic heterocycles. The van der Waals surface area contributed by atoms with Crippen LogP contribution < -0.4 is 0 Å². The molecule has 0 aliphatic carbocycles. The van der Waals surface area contributed by atoms with Crippen LogP contribution in [0.2, 0.25) is 0 Å². The number of unbranched alkanes of at least 4 members (excludes halogenated alkanes) is 2. The van der Waals surface area contributed by atoms with Crippen molar-refractivity contribution < 1.29 is 4.74 Å². The minimum Gasteiger partial charge on any atom is -0.385 e. The van der Waals surface area contributed by atoms with Crippen molar-refractivity contribution in [3.05, 3.63) is 0 Å². The van der Waals surface area contributed by atoms with Crippen LogP contribution in [0.25, 0.3) is 0 Å². The number of ether oxygens (including phenoxy) is 1. The number of hydrogen-bond donors (Lipinski definition) is 0. The Bertz CT molecular complexity index is 33.5. The molecule has 0 atom stereocenters. The van der Waals surface area contributed by atoms with Gasteiger partial charge in [0.1, 0.15) is 0 Å². The molecule has 0 spiro atoms. The molecule has 0 unspecified atom stereocenters. The summed E-state index contributed by atoms with van der Waals surface area (Å²) in [7, 11) is 1.75. The summed E-state index contributed by atoms with van der Waals surface area (Å²) in [5, 5.41) is 0. The first-order valence-corrected chi connectivity index (χ1v) is 4.49. The number of methoxy groups -OCH3 is 1. The quantitative estimate of drug-likeness (QED) is 0.398. The molecule has 0 aromatic carbocycles. The molecule has 2 heteroatoms. The molecule has 0 fully saturated rings. The smallest absolute Gasteiger partial charge is 0.0462 e. The lowest BCUT2D eigenvalue weighted by Gasteiger charge is -1.94. The van der Waals surface area contributed by atoms with Gasteiger partial charge in [-0.1, -0.05) is 29.0 Å². The Hall–Kier alpha value is 0.690. The lowest BCUT2D eigenvalue weighted by atomic mass is 10.3. The molecule has 0 bridgehead atoms. The third-order valence-corrected chi connectivity index (χ3v) is 1.74. The van der Waals surface area contributed by atoms with Crippen molar-refractivity contribution in [2.24, 2.45) is 0 Å². The zero-order valence-electron chi connectivity index (χ0n) is 5.32. The zero-order chi connectivity index (χ0) is 6.24. The van der Waals surface area contributed by atoms with E-state index >= 15 is 0 Å². The van der Waals surface area contributed by atoms with E-state index in [1.54, 1.807) is 7.11 Å². The van der Waals surface area contributed by atoms with Gasteiger partial charge in [0, 0.05) is 13.7 Å². The molecule has 0 aromatic rings. The van der Waals surface area contributed by atoms with Gasteiger partial charge >= 0.3 is 0 Å². The number of halogens is 1. The monoisotopic (exact) mass is 228 g/mol. The molecule has 0 saturated carbocycles. The number of alkyl halides is 1. The summed E-state index contributed by atoms with van der Waals surface area (Å²) < 4.78 is 6.17. The lowest BCUT2D eigenvalue weighted by molar-refractivity contribution is 0.193. The fourth-order valence-corrected chi connectivity index (χ4v) is 1.06. The Labute approximate surface area is 64.9 Å². The second-order valence-electron chi connectivity index (χ2n) is 1.74. The van der Waals surface area contributed by atoms with E-state index in [-0.39, 0.29) is 0 Å². The largest absolute Gasteiger partial charge is 0.385 e. The van der Waals surface area contributed by atoms with Gasteiger partial charge in [-0.15, -0.1) is 0 Å². The average molecular weight is 228 g/mol. The van der Waals surface area contributed by atoms with E-state index in [9.17, 15) is 0 Å². The van der Waals surface area contributed by atoms with Crippen LogP contribution >= 0.6 is 22.6 Å². The predicted octanol–water partition coefficient (Wildman–Crippen LogP) is 2.24. The van der Waals surface area contributed by atoms with Crippen LogP contribution in [0.1, 0.15) is 19.3 Å². The van der Waals surface area contributed by atoms with Gasteiger partial charge in [0.25, 0.3) is 0 Å². The lowest BCUT2D eigenvalue weighted by Crippen LogP contribution is -1.87. The first-order valence-electron chi connectivity index (χ1n) is 2.96. The maximum atomic E-state index is 4.89. The minimum absolute atomic E-state index is 0.927. The van der Waals surface area contributed by atoms with E-state index in [1.165, 1.54) is 23.7 Å². The fraction of sp³-hybridized carbons (Fsp3) is 1.00. The highest BCUT2D eigenvalue weighted by molar-refractivity contribution is 14.1. The van der Waals surface area contributed by atoms with Gasteiger partial charge in [-0.3, -0.25) is 0 Å². The summed E-state index contributed by atoms with van der Waals surface area (Å²) in [6, 6.07) is 0. The zero-order valence-corrected chi connectivity index (χ0v) is 7.48. The van der Waals surface area contributed by atoms with Crippen LogP contribution in [-0.2, 0) is 4.74 Å². The standard InChI is InChI=1S/C6H13IO/c1-8-6-4-2-3-5-7/h2-6H2,1H3. The van der Waals surface area contributed by atoms with Gasteiger partial charge in [0.05, 0.1) is 0 Å². The van der Waals surface area contributed by atoms with Gasteiger partial charge in [-0.25, -0.2) is 0 Å². The van der Waals surface area contributed by atoms with Crippen molar-refractivity contribution in [3.8, 4) is 0 Å². The molecule has 0 amide bonds. The van der Waals surface area contributed by atoms with Gasteiger partial charge in [0.15, 0.2) is 0 Å². The average Bonchev–Trinajstić information content (AvgIpc) is 1.81. The van der Waals surface area contributed by atoms with Crippen molar-refractivity contribution in [2.45, 2.75) is 19.3 Å². The molecule has 8 heavy (non-hydrogen) atoms. The SMILES string of the molecule is COCCCCCI. The molecular weight excluding hydrogens is 215 g/mol. The van der Waals surface area contributed by atoms with Crippen LogP contribution in [-0.4, -0.2) is 18.1 Å². The summed E-state index contributed by atoms with van der Waals surface area (Å²) in [6.07, 6.45) is 3.88. The van der Waals surface area contributed by atoms with Crippen molar-refractivity contribution in [3.63, 3.8) is 0 Å². The van der Waals surface area contributed by atoms with E-state index in [1.807, 2.05) is 0 Å². The van der Waals surface area contributed by atoms with Crippen LogP contribution in [0.4, 0.5) is 0 Å². The first-order chi connectivity index (χ1) is 3.91. The summed E-state index contributed by atoms with van der Waals surface area (Å²) in [4.78, 5) is 0. The maximum absolute atomic E-state index is 4.89. The van der Waals surface area contributed by atoms with Gasteiger partial charge in [0.2, 0.25) is 0 Å². The van der Waals surface area contributed by atoms with E-state index in [0.29, 0.717) is 0 Å². The maximum Gasteiger partial charge on any atom is 0.0462 e. The molecule has 0 N–H and O–H groups in total. The van der Waals surface area contributed by atoms with Crippen LogP contribution in [0.3, 0.4) is 0 Å². The predicted molar refractivity (Wildman–Crippen MR) is 44.6 cm³/mol. The number of hydrogen-bond acceptors (Lipinski definition) is 1. The highest BCUT2D eigenvalue weighted by Gasteiger charge is 1.84. The molecule has 0 rings (SSSR count). The van der Waals surface area contributed by atoms with E-state index < -0.39 is 0 Å². The van der Waals surface area contributed by atoms with Crippen molar-refractivity contribution in [1.29, 1.82) is 0 Å². The molecule has 0 heterocycles. The summed E-state index contributed by atoms with van der Waals surface area (Å²) in [5.41, 5.74) is 0. The topological polar surface area (TPSA) is 9.23 Å². The molecule has 50 valence electrons. The van der Waals surface area contributed by atoms with Crippen molar-refractivity contribution in [1.82, 2.24) is 0 Å². The molecular formula is C6H13IO.